The average molecular weight is 407 g/mol. The first-order chi connectivity index (χ1) is 13.4. The second-order valence-corrected chi connectivity index (χ2v) is 7.44. The molecule has 0 amide bonds. The van der Waals surface area contributed by atoms with Crippen LogP contribution in [-0.4, -0.2) is 46.3 Å². The fraction of sp³-hybridized carbons (Fsp3) is 0.444. The standard InChI is InChI=1S/C18H17ClF2N6O/c1-9-10(2)16(23-6-11(9)5-22)28-12-4-18(17(20)21)8-24-15-13(27(18)7-12)3-14(19)25-26-15/h3,6,12,17H,4,7-8H2,1-2H3,(H,24,26)/t12-,18-/m1/s1. The van der Waals surface area contributed by atoms with Gasteiger partial charge in [0.2, 0.25) is 5.88 Å². The van der Waals surface area contributed by atoms with Gasteiger partial charge in [-0.15, -0.1) is 10.2 Å². The summed E-state index contributed by atoms with van der Waals surface area (Å²) in [6, 6.07) is 3.61. The monoisotopic (exact) mass is 406 g/mol. The summed E-state index contributed by atoms with van der Waals surface area (Å²) < 4.78 is 34.3. The second kappa shape index (κ2) is 6.71. The highest BCUT2D eigenvalue weighted by atomic mass is 35.5. The summed E-state index contributed by atoms with van der Waals surface area (Å²) in [5, 5.41) is 19.9. The van der Waals surface area contributed by atoms with Crippen LogP contribution in [-0.2, 0) is 0 Å². The van der Waals surface area contributed by atoms with Crippen molar-refractivity contribution in [1.29, 1.82) is 5.26 Å². The Hall–Kier alpha value is -2.73. The Balaban J connectivity index is 1.67. The van der Waals surface area contributed by atoms with Gasteiger partial charge in [-0.25, -0.2) is 13.8 Å². The lowest BCUT2D eigenvalue weighted by Crippen LogP contribution is -2.57. The number of aromatic nitrogens is 3. The summed E-state index contributed by atoms with van der Waals surface area (Å²) in [5.41, 5.74) is 1.00. The van der Waals surface area contributed by atoms with Gasteiger partial charge >= 0.3 is 0 Å². The molecule has 2 aromatic rings. The van der Waals surface area contributed by atoms with E-state index in [1.54, 1.807) is 11.8 Å². The van der Waals surface area contributed by atoms with E-state index in [-0.39, 0.29) is 24.7 Å². The van der Waals surface area contributed by atoms with Gasteiger partial charge in [0.15, 0.2) is 11.0 Å². The van der Waals surface area contributed by atoms with Crippen LogP contribution in [0.1, 0.15) is 23.1 Å². The lowest BCUT2D eigenvalue weighted by atomic mass is 9.93. The number of halogens is 3. The minimum atomic E-state index is -2.61. The molecule has 2 aromatic heterocycles. The largest absolute Gasteiger partial charge is 0.472 e. The van der Waals surface area contributed by atoms with Crippen molar-refractivity contribution in [2.24, 2.45) is 0 Å². The molecule has 146 valence electrons. The van der Waals surface area contributed by atoms with Crippen LogP contribution in [0.25, 0.3) is 0 Å². The number of nitrogens with one attached hydrogen (secondary N) is 1. The van der Waals surface area contributed by atoms with Gasteiger partial charge in [0.25, 0.3) is 6.43 Å². The number of fused-ring (bicyclic) bond motifs is 3. The first kappa shape index (κ1) is 18.6. The third-order valence-electron chi connectivity index (χ3n) is 5.50. The molecule has 1 fully saturated rings. The molecule has 7 nitrogen and oxygen atoms in total. The third-order valence-corrected chi connectivity index (χ3v) is 5.69. The molecule has 10 heteroatoms. The second-order valence-electron chi connectivity index (χ2n) is 7.05. The van der Waals surface area contributed by atoms with Gasteiger partial charge in [0.1, 0.15) is 17.7 Å². The Morgan fingerprint density at radius 3 is 2.89 bits per heavy atom. The van der Waals surface area contributed by atoms with Crippen LogP contribution in [0.15, 0.2) is 12.3 Å². The van der Waals surface area contributed by atoms with E-state index in [9.17, 15) is 8.78 Å². The van der Waals surface area contributed by atoms with Crippen molar-refractivity contribution in [3.8, 4) is 11.9 Å². The van der Waals surface area contributed by atoms with Crippen LogP contribution in [0.5, 0.6) is 5.88 Å². The van der Waals surface area contributed by atoms with Crippen LogP contribution >= 0.6 is 11.6 Å². The molecule has 0 radical (unpaired) electrons. The number of anilines is 2. The highest BCUT2D eigenvalue weighted by Gasteiger charge is 2.56. The van der Waals surface area contributed by atoms with E-state index in [1.165, 1.54) is 12.3 Å². The molecule has 28 heavy (non-hydrogen) atoms. The number of alkyl halides is 2. The van der Waals surface area contributed by atoms with Crippen LogP contribution in [0, 0.1) is 25.2 Å². The molecule has 0 saturated carbocycles. The van der Waals surface area contributed by atoms with Crippen molar-refractivity contribution in [2.45, 2.75) is 38.3 Å². The maximum atomic E-state index is 14.2. The quantitative estimate of drug-likeness (QED) is 0.837. The summed E-state index contributed by atoms with van der Waals surface area (Å²) in [6.07, 6.45) is -1.57. The fourth-order valence-electron chi connectivity index (χ4n) is 3.82. The lowest BCUT2D eigenvalue weighted by Gasteiger charge is -2.43. The number of nitrogens with zero attached hydrogens (tertiary/aromatic N) is 5. The van der Waals surface area contributed by atoms with Crippen molar-refractivity contribution in [3.05, 3.63) is 34.1 Å². The molecule has 0 spiro atoms. The van der Waals surface area contributed by atoms with E-state index in [2.05, 4.69) is 26.6 Å². The Kier molecular flexibility index (Phi) is 4.46. The molecular weight excluding hydrogens is 390 g/mol. The zero-order valence-electron chi connectivity index (χ0n) is 15.2. The number of rotatable bonds is 3. The number of pyridine rings is 1. The van der Waals surface area contributed by atoms with E-state index < -0.39 is 18.1 Å². The van der Waals surface area contributed by atoms with Crippen LogP contribution in [0.2, 0.25) is 5.15 Å². The highest BCUT2D eigenvalue weighted by molar-refractivity contribution is 6.29. The smallest absolute Gasteiger partial charge is 0.263 e. The maximum Gasteiger partial charge on any atom is 0.263 e. The first-order valence-corrected chi connectivity index (χ1v) is 9.09. The predicted molar refractivity (Wildman–Crippen MR) is 99.1 cm³/mol. The molecular formula is C18H17ClF2N6O. The highest BCUT2D eigenvalue weighted by Crippen LogP contribution is 2.45. The Bertz CT molecular complexity index is 981. The van der Waals surface area contributed by atoms with Gasteiger partial charge in [0.05, 0.1) is 17.8 Å². The van der Waals surface area contributed by atoms with Crippen molar-refractivity contribution in [3.63, 3.8) is 0 Å². The number of nitriles is 1. The number of ether oxygens (including phenoxy) is 1. The van der Waals surface area contributed by atoms with Gasteiger partial charge in [-0.3, -0.25) is 0 Å². The minimum absolute atomic E-state index is 0.0205. The van der Waals surface area contributed by atoms with Gasteiger partial charge in [0, 0.05) is 30.8 Å². The van der Waals surface area contributed by atoms with Crippen molar-refractivity contribution >= 4 is 23.1 Å². The van der Waals surface area contributed by atoms with E-state index in [0.29, 0.717) is 22.9 Å². The molecule has 4 rings (SSSR count). The molecule has 0 aromatic carbocycles. The third kappa shape index (κ3) is 2.79. The first-order valence-electron chi connectivity index (χ1n) is 8.71. The van der Waals surface area contributed by atoms with Crippen LogP contribution in [0.3, 0.4) is 0 Å². The summed E-state index contributed by atoms with van der Waals surface area (Å²) in [6.45, 7) is 3.87. The van der Waals surface area contributed by atoms with Crippen molar-refractivity contribution < 1.29 is 13.5 Å². The van der Waals surface area contributed by atoms with Gasteiger partial charge in [-0.2, -0.15) is 5.26 Å². The fourth-order valence-corrected chi connectivity index (χ4v) is 3.96. The predicted octanol–water partition coefficient (Wildman–Crippen LogP) is 3.10. The average Bonchev–Trinajstić information content (AvgIpc) is 3.06. The minimum Gasteiger partial charge on any atom is -0.472 e. The molecule has 0 unspecified atom stereocenters. The topological polar surface area (TPSA) is 87.0 Å². The molecule has 1 N–H and O–H groups in total. The summed E-state index contributed by atoms with van der Waals surface area (Å²) in [5.74, 6) is 0.773. The van der Waals surface area contributed by atoms with Crippen molar-refractivity contribution in [1.82, 2.24) is 15.2 Å². The summed E-state index contributed by atoms with van der Waals surface area (Å²) >= 11 is 5.94. The Morgan fingerprint density at radius 2 is 2.18 bits per heavy atom. The summed E-state index contributed by atoms with van der Waals surface area (Å²) in [7, 11) is 0. The van der Waals surface area contributed by atoms with Crippen LogP contribution < -0.4 is 15.0 Å². The molecule has 2 aliphatic heterocycles. The van der Waals surface area contributed by atoms with E-state index >= 15 is 0 Å². The number of hydrogen-bond donors (Lipinski definition) is 1. The van der Waals surface area contributed by atoms with Gasteiger partial charge in [-0.1, -0.05) is 11.6 Å². The lowest BCUT2D eigenvalue weighted by molar-refractivity contribution is 0.0528. The molecule has 2 aliphatic rings. The van der Waals surface area contributed by atoms with Gasteiger partial charge < -0.3 is 15.0 Å². The Labute approximate surface area is 165 Å². The summed E-state index contributed by atoms with van der Waals surface area (Å²) in [4.78, 5) is 5.82. The van der Waals surface area contributed by atoms with Crippen molar-refractivity contribution in [2.75, 3.05) is 23.3 Å². The zero-order chi connectivity index (χ0) is 20.1. The SMILES string of the molecule is Cc1c(C#N)cnc(O[C@H]2CN3c4cc(Cl)nnc4NC[C@@]3(C(F)F)C2)c1C. The zero-order valence-corrected chi connectivity index (χ0v) is 16.0. The molecule has 0 aliphatic carbocycles. The van der Waals surface area contributed by atoms with Gasteiger partial charge in [-0.05, 0) is 19.4 Å². The molecule has 0 bridgehead atoms. The molecule has 1 saturated heterocycles. The maximum absolute atomic E-state index is 14.2. The van der Waals surface area contributed by atoms with Crippen LogP contribution in [0.4, 0.5) is 20.3 Å². The molecule has 4 heterocycles. The normalized spacial score (nSPS) is 23.0. The van der Waals surface area contributed by atoms with E-state index in [4.69, 9.17) is 21.6 Å². The number of hydrogen-bond acceptors (Lipinski definition) is 7. The molecule has 2 atom stereocenters. The van der Waals surface area contributed by atoms with E-state index in [0.717, 1.165) is 11.1 Å². The Morgan fingerprint density at radius 1 is 1.39 bits per heavy atom. The van der Waals surface area contributed by atoms with E-state index in [1.807, 2.05) is 6.92 Å².